The van der Waals surface area contributed by atoms with Gasteiger partial charge in [-0.05, 0) is 37.7 Å². The molecule has 2 nitrogen and oxygen atoms in total. The van der Waals surface area contributed by atoms with E-state index in [1.165, 1.54) is 25.3 Å². The summed E-state index contributed by atoms with van der Waals surface area (Å²) < 4.78 is 5.46. The highest BCUT2D eigenvalue weighted by Crippen LogP contribution is 2.53. The van der Waals surface area contributed by atoms with Gasteiger partial charge in [0, 0.05) is 12.0 Å². The fourth-order valence-corrected chi connectivity index (χ4v) is 2.97. The summed E-state index contributed by atoms with van der Waals surface area (Å²) in [6.45, 7) is 7.23. The molecule has 0 amide bonds. The zero-order chi connectivity index (χ0) is 10.2. The largest absolute Gasteiger partial charge is 0.451 e. The lowest BCUT2D eigenvalue weighted by atomic mass is 9.84. The van der Waals surface area contributed by atoms with Crippen LogP contribution in [0.5, 0.6) is 0 Å². The Labute approximate surface area is 84.6 Å². The van der Waals surface area contributed by atoms with Crippen LogP contribution < -0.4 is 0 Å². The van der Waals surface area contributed by atoms with E-state index < -0.39 is 0 Å². The first-order chi connectivity index (χ1) is 6.70. The zero-order valence-electron chi connectivity index (χ0n) is 8.37. The number of rotatable bonds is 3. The molecule has 2 aliphatic rings. The Hall–Kier alpha value is -1.05. The van der Waals surface area contributed by atoms with Gasteiger partial charge < -0.3 is 4.74 Å². The molecule has 0 aliphatic heterocycles. The third-order valence-corrected chi connectivity index (χ3v) is 3.64. The molecule has 0 heterocycles. The average molecular weight is 192 g/mol. The van der Waals surface area contributed by atoms with Crippen molar-refractivity contribution in [1.82, 2.24) is 0 Å². The molecule has 76 valence electrons. The number of hydrogen-bond donors (Lipinski definition) is 0. The minimum Gasteiger partial charge on any atom is -0.451 e. The summed E-state index contributed by atoms with van der Waals surface area (Å²) in [4.78, 5) is 11.2. The van der Waals surface area contributed by atoms with Crippen LogP contribution in [0.1, 0.15) is 25.7 Å². The minimum absolute atomic E-state index is 0.322. The number of hydrogen-bond acceptors (Lipinski definition) is 2. The van der Waals surface area contributed by atoms with E-state index >= 15 is 0 Å². The molecule has 0 radical (unpaired) electrons. The maximum atomic E-state index is 11.2. The van der Waals surface area contributed by atoms with E-state index in [-0.39, 0.29) is 11.6 Å². The molecule has 2 saturated carbocycles. The lowest BCUT2D eigenvalue weighted by Gasteiger charge is -2.33. The van der Waals surface area contributed by atoms with E-state index in [0.29, 0.717) is 5.92 Å². The van der Waals surface area contributed by atoms with E-state index in [0.717, 1.165) is 12.3 Å². The van der Waals surface area contributed by atoms with Gasteiger partial charge in [0.25, 0.3) is 0 Å². The Morgan fingerprint density at radius 1 is 1.43 bits per heavy atom. The molecular formula is C12H16O2. The van der Waals surface area contributed by atoms with Crippen molar-refractivity contribution < 1.29 is 9.53 Å². The molecule has 0 aromatic carbocycles. The van der Waals surface area contributed by atoms with Gasteiger partial charge in [-0.2, -0.15) is 0 Å². The smallest absolute Gasteiger partial charge is 0.331 e. The van der Waals surface area contributed by atoms with Crippen LogP contribution in [-0.4, -0.2) is 11.6 Å². The Morgan fingerprint density at radius 2 is 2.21 bits per heavy atom. The van der Waals surface area contributed by atoms with E-state index in [9.17, 15) is 4.79 Å². The third kappa shape index (κ3) is 1.29. The highest BCUT2D eigenvalue weighted by Gasteiger charge is 2.51. The van der Waals surface area contributed by atoms with E-state index in [2.05, 4.69) is 13.2 Å². The molecule has 2 heteroatoms. The fraction of sp³-hybridized carbons (Fsp3) is 0.583. The van der Waals surface area contributed by atoms with Gasteiger partial charge in [-0.1, -0.05) is 13.2 Å². The molecule has 0 N–H and O–H groups in total. The highest BCUT2D eigenvalue weighted by molar-refractivity contribution is 5.81. The van der Waals surface area contributed by atoms with Crippen molar-refractivity contribution in [1.29, 1.82) is 0 Å². The molecule has 2 bridgehead atoms. The van der Waals surface area contributed by atoms with Crippen molar-refractivity contribution in [3.8, 4) is 0 Å². The SMILES string of the molecule is C=CC(=O)OC1(C=C)CC2CCC1C2. The summed E-state index contributed by atoms with van der Waals surface area (Å²) >= 11 is 0. The van der Waals surface area contributed by atoms with Gasteiger partial charge in [0.2, 0.25) is 0 Å². The normalized spacial score (nSPS) is 39.4. The molecule has 0 aromatic heterocycles. The second-order valence-corrected chi connectivity index (χ2v) is 4.36. The maximum absolute atomic E-state index is 11.2. The van der Waals surface area contributed by atoms with Gasteiger partial charge >= 0.3 is 5.97 Å². The first-order valence-electron chi connectivity index (χ1n) is 5.19. The van der Waals surface area contributed by atoms with Gasteiger partial charge in [-0.25, -0.2) is 4.79 Å². The van der Waals surface area contributed by atoms with Crippen molar-refractivity contribution in [3.63, 3.8) is 0 Å². The van der Waals surface area contributed by atoms with Crippen LogP contribution >= 0.6 is 0 Å². The van der Waals surface area contributed by atoms with Gasteiger partial charge in [0.1, 0.15) is 5.60 Å². The van der Waals surface area contributed by atoms with Crippen LogP contribution in [-0.2, 0) is 9.53 Å². The number of ether oxygens (including phenoxy) is 1. The zero-order valence-corrected chi connectivity index (χ0v) is 8.37. The van der Waals surface area contributed by atoms with Crippen LogP contribution in [0.25, 0.3) is 0 Å². The molecule has 0 spiro atoms. The highest BCUT2D eigenvalue weighted by atomic mass is 16.6. The maximum Gasteiger partial charge on any atom is 0.331 e. The number of carbonyl (C=O) groups is 1. The summed E-state index contributed by atoms with van der Waals surface area (Å²) in [5, 5.41) is 0. The Morgan fingerprint density at radius 3 is 2.64 bits per heavy atom. The average Bonchev–Trinajstić information content (AvgIpc) is 2.77. The molecule has 3 unspecified atom stereocenters. The fourth-order valence-electron chi connectivity index (χ4n) is 2.97. The van der Waals surface area contributed by atoms with Crippen molar-refractivity contribution in [2.24, 2.45) is 11.8 Å². The molecular weight excluding hydrogens is 176 g/mol. The van der Waals surface area contributed by atoms with Crippen LogP contribution in [0, 0.1) is 11.8 Å². The second-order valence-electron chi connectivity index (χ2n) is 4.36. The first kappa shape index (κ1) is 9.50. The lowest BCUT2D eigenvalue weighted by molar-refractivity contribution is -0.153. The van der Waals surface area contributed by atoms with Gasteiger partial charge in [0.15, 0.2) is 0 Å². The number of carbonyl (C=O) groups excluding carboxylic acids is 1. The summed E-state index contributed by atoms with van der Waals surface area (Å²) in [5.74, 6) is 0.905. The predicted octanol–water partition coefficient (Wildman–Crippen LogP) is 2.46. The predicted molar refractivity (Wildman–Crippen MR) is 54.7 cm³/mol. The summed E-state index contributed by atoms with van der Waals surface area (Å²) in [6, 6.07) is 0. The first-order valence-corrected chi connectivity index (χ1v) is 5.19. The van der Waals surface area contributed by atoms with Crippen molar-refractivity contribution in [2.45, 2.75) is 31.3 Å². The minimum atomic E-state index is -0.381. The van der Waals surface area contributed by atoms with Crippen LogP contribution in [0.4, 0.5) is 0 Å². The molecule has 14 heavy (non-hydrogen) atoms. The van der Waals surface area contributed by atoms with Gasteiger partial charge in [-0.15, -0.1) is 0 Å². The standard InChI is InChI=1S/C12H16O2/c1-3-11(13)14-12(4-2)8-9-5-6-10(12)7-9/h3-4,9-10H,1-2,5-8H2. The van der Waals surface area contributed by atoms with Crippen molar-refractivity contribution in [3.05, 3.63) is 25.3 Å². The van der Waals surface area contributed by atoms with E-state index in [1.54, 1.807) is 0 Å². The Bertz CT molecular complexity index is 282. The number of fused-ring (bicyclic) bond motifs is 2. The third-order valence-electron chi connectivity index (χ3n) is 3.64. The van der Waals surface area contributed by atoms with Crippen LogP contribution in [0.3, 0.4) is 0 Å². The monoisotopic (exact) mass is 192 g/mol. The molecule has 0 aromatic rings. The molecule has 2 fully saturated rings. The summed E-state index contributed by atoms with van der Waals surface area (Å²) in [5.41, 5.74) is -0.381. The quantitative estimate of drug-likeness (QED) is 0.390. The van der Waals surface area contributed by atoms with Gasteiger partial charge in [0.05, 0.1) is 0 Å². The topological polar surface area (TPSA) is 26.3 Å². The van der Waals surface area contributed by atoms with E-state index in [4.69, 9.17) is 4.74 Å². The van der Waals surface area contributed by atoms with Crippen molar-refractivity contribution >= 4 is 5.97 Å². The van der Waals surface area contributed by atoms with Crippen LogP contribution in [0.2, 0.25) is 0 Å². The molecule has 0 saturated heterocycles. The Kier molecular flexibility index (Phi) is 2.22. The van der Waals surface area contributed by atoms with Gasteiger partial charge in [-0.3, -0.25) is 0 Å². The molecule has 2 rings (SSSR count). The second kappa shape index (κ2) is 3.26. The van der Waals surface area contributed by atoms with Crippen molar-refractivity contribution in [2.75, 3.05) is 0 Å². The lowest BCUT2D eigenvalue weighted by Crippen LogP contribution is -2.37. The summed E-state index contributed by atoms with van der Waals surface area (Å²) in [6.07, 6.45) is 7.65. The number of esters is 1. The van der Waals surface area contributed by atoms with E-state index in [1.807, 2.05) is 6.08 Å². The Balaban J connectivity index is 2.15. The summed E-state index contributed by atoms with van der Waals surface area (Å²) in [7, 11) is 0. The molecule has 3 atom stereocenters. The molecule has 2 aliphatic carbocycles. The van der Waals surface area contributed by atoms with Crippen LogP contribution in [0.15, 0.2) is 25.3 Å².